The third kappa shape index (κ3) is 3.38. The van der Waals surface area contributed by atoms with E-state index in [0.29, 0.717) is 0 Å². The summed E-state index contributed by atoms with van der Waals surface area (Å²) in [6.45, 7) is 1.86. The Kier molecular flexibility index (Phi) is 4.27. The normalized spacial score (nSPS) is 12.5. The molecule has 3 nitrogen and oxygen atoms in total. The Morgan fingerprint density at radius 3 is 3.15 bits per heavy atom. The average molecular weight is 216 g/mol. The van der Waals surface area contributed by atoms with Gasteiger partial charge in [-0.3, -0.25) is 10.2 Å². The number of hydrogen-bond acceptors (Lipinski definition) is 4. The van der Waals surface area contributed by atoms with Crippen molar-refractivity contribution in [3.05, 3.63) is 17.5 Å². The zero-order valence-corrected chi connectivity index (χ0v) is 8.95. The van der Waals surface area contributed by atoms with Gasteiger partial charge in [-0.15, -0.1) is 23.1 Å². The van der Waals surface area contributed by atoms with Gasteiger partial charge >= 0.3 is 0 Å². The number of thiophene rings is 1. The smallest absolute Gasteiger partial charge is 0.237 e. The predicted octanol–water partition coefficient (Wildman–Crippen LogP) is 1.47. The van der Waals surface area contributed by atoms with E-state index < -0.39 is 0 Å². The molecule has 1 atom stereocenters. The van der Waals surface area contributed by atoms with Gasteiger partial charge in [0.25, 0.3) is 0 Å². The molecule has 0 aliphatic rings. The average Bonchev–Trinajstić information content (AvgIpc) is 2.65. The number of nitrogens with one attached hydrogen (secondary N) is 1. The molecule has 0 saturated carbocycles. The first-order valence-electron chi connectivity index (χ1n) is 3.91. The minimum Gasteiger partial charge on any atom is -0.294 e. The van der Waals surface area contributed by atoms with Crippen LogP contribution in [-0.4, -0.2) is 11.7 Å². The van der Waals surface area contributed by atoms with E-state index in [0.717, 1.165) is 5.75 Å². The summed E-state index contributed by atoms with van der Waals surface area (Å²) in [5.74, 6) is 5.63. The fourth-order valence-electron chi connectivity index (χ4n) is 0.771. The number of rotatable bonds is 4. The van der Waals surface area contributed by atoms with Crippen LogP contribution in [0.15, 0.2) is 21.7 Å². The number of nitrogens with two attached hydrogens (primary N) is 1. The molecular formula is C8H12N2OS2. The highest BCUT2D eigenvalue weighted by atomic mass is 32.2. The molecule has 1 rings (SSSR count). The van der Waals surface area contributed by atoms with Crippen molar-refractivity contribution in [2.24, 2.45) is 11.8 Å². The monoisotopic (exact) mass is 216 g/mol. The Balaban J connectivity index is 2.30. The molecule has 1 aromatic heterocycles. The Morgan fingerprint density at radius 2 is 2.62 bits per heavy atom. The largest absolute Gasteiger partial charge is 0.294 e. The number of amides is 1. The summed E-state index contributed by atoms with van der Waals surface area (Å²) in [4.78, 5) is 11.0. The van der Waals surface area contributed by atoms with Crippen molar-refractivity contribution in [2.45, 2.75) is 11.1 Å². The summed E-state index contributed by atoms with van der Waals surface area (Å²) in [6, 6.07) is 4.04. The highest BCUT2D eigenvalue weighted by Crippen LogP contribution is 2.25. The van der Waals surface area contributed by atoms with Crippen LogP contribution < -0.4 is 11.3 Å². The van der Waals surface area contributed by atoms with Crippen LogP contribution in [0.2, 0.25) is 0 Å². The Morgan fingerprint density at radius 1 is 1.85 bits per heavy atom. The summed E-state index contributed by atoms with van der Waals surface area (Å²) < 4.78 is 1.23. The van der Waals surface area contributed by atoms with Gasteiger partial charge in [-0.05, 0) is 11.4 Å². The SMILES string of the molecule is CC(CSc1cccs1)C(=O)NN. The molecular weight excluding hydrogens is 204 g/mol. The molecule has 0 aliphatic heterocycles. The van der Waals surface area contributed by atoms with Gasteiger partial charge in [0.15, 0.2) is 0 Å². The van der Waals surface area contributed by atoms with Crippen molar-refractivity contribution < 1.29 is 4.79 Å². The standard InChI is InChI=1S/C8H12N2OS2/c1-6(8(11)10-9)5-13-7-3-2-4-12-7/h2-4,6H,5,9H2,1H3,(H,10,11). The van der Waals surface area contributed by atoms with Crippen LogP contribution in [-0.2, 0) is 4.79 Å². The van der Waals surface area contributed by atoms with E-state index in [4.69, 9.17) is 5.84 Å². The summed E-state index contributed by atoms with van der Waals surface area (Å²) in [5.41, 5.74) is 2.15. The molecule has 0 bridgehead atoms. The van der Waals surface area contributed by atoms with Crippen molar-refractivity contribution in [3.8, 4) is 0 Å². The molecule has 1 heterocycles. The second-order valence-corrected chi connectivity index (χ2v) is 4.92. The van der Waals surface area contributed by atoms with Gasteiger partial charge < -0.3 is 0 Å². The lowest BCUT2D eigenvalue weighted by atomic mass is 10.2. The number of hydrazine groups is 1. The van der Waals surface area contributed by atoms with E-state index in [1.165, 1.54) is 4.21 Å². The topological polar surface area (TPSA) is 55.1 Å². The minimum atomic E-state index is -0.107. The molecule has 0 spiro atoms. The van der Waals surface area contributed by atoms with Gasteiger partial charge in [0, 0.05) is 11.7 Å². The molecule has 13 heavy (non-hydrogen) atoms. The van der Waals surface area contributed by atoms with Crippen LogP contribution in [0.25, 0.3) is 0 Å². The Hall–Kier alpha value is -0.520. The lowest BCUT2D eigenvalue weighted by Crippen LogP contribution is -2.35. The van der Waals surface area contributed by atoms with E-state index in [1.54, 1.807) is 23.1 Å². The third-order valence-electron chi connectivity index (χ3n) is 1.56. The first-order valence-corrected chi connectivity index (χ1v) is 5.77. The fraction of sp³-hybridized carbons (Fsp3) is 0.375. The summed E-state index contributed by atoms with van der Waals surface area (Å²) in [6.07, 6.45) is 0. The van der Waals surface area contributed by atoms with E-state index in [9.17, 15) is 4.79 Å². The number of thioether (sulfide) groups is 1. The summed E-state index contributed by atoms with van der Waals surface area (Å²) >= 11 is 3.37. The first kappa shape index (κ1) is 10.6. The van der Waals surface area contributed by atoms with E-state index in [2.05, 4.69) is 5.43 Å². The zero-order valence-electron chi connectivity index (χ0n) is 7.32. The minimum absolute atomic E-state index is 0.0444. The van der Waals surface area contributed by atoms with Crippen molar-refractivity contribution in [1.29, 1.82) is 0 Å². The first-order chi connectivity index (χ1) is 6.24. The van der Waals surface area contributed by atoms with Gasteiger partial charge in [-0.25, -0.2) is 5.84 Å². The second kappa shape index (κ2) is 5.26. The van der Waals surface area contributed by atoms with Gasteiger partial charge in [0.1, 0.15) is 0 Å². The molecule has 0 saturated heterocycles. The molecule has 1 amide bonds. The number of carbonyl (C=O) groups is 1. The van der Waals surface area contributed by atoms with Gasteiger partial charge in [0.05, 0.1) is 4.21 Å². The van der Waals surface area contributed by atoms with Gasteiger partial charge in [-0.2, -0.15) is 0 Å². The lowest BCUT2D eigenvalue weighted by Gasteiger charge is -2.07. The third-order valence-corrected chi connectivity index (χ3v) is 3.95. The van der Waals surface area contributed by atoms with Crippen LogP contribution in [0, 0.1) is 5.92 Å². The van der Waals surface area contributed by atoms with Gasteiger partial charge in [0.2, 0.25) is 5.91 Å². The van der Waals surface area contributed by atoms with Crippen molar-refractivity contribution >= 4 is 29.0 Å². The highest BCUT2D eigenvalue weighted by Gasteiger charge is 2.11. The molecule has 72 valence electrons. The zero-order chi connectivity index (χ0) is 9.68. The molecule has 3 N–H and O–H groups in total. The predicted molar refractivity (Wildman–Crippen MR) is 56.5 cm³/mol. The maximum Gasteiger partial charge on any atom is 0.237 e. The highest BCUT2D eigenvalue weighted by molar-refractivity contribution is 8.01. The van der Waals surface area contributed by atoms with Crippen molar-refractivity contribution in [2.75, 3.05) is 5.75 Å². The maximum atomic E-state index is 11.0. The number of carbonyl (C=O) groups excluding carboxylic acids is 1. The van der Waals surface area contributed by atoms with Crippen LogP contribution >= 0.6 is 23.1 Å². The Bertz CT molecular complexity index is 261. The van der Waals surface area contributed by atoms with E-state index >= 15 is 0 Å². The van der Waals surface area contributed by atoms with Gasteiger partial charge in [-0.1, -0.05) is 13.0 Å². The maximum absolute atomic E-state index is 11.0. The van der Waals surface area contributed by atoms with Crippen LogP contribution in [0.4, 0.5) is 0 Å². The molecule has 0 aliphatic carbocycles. The van der Waals surface area contributed by atoms with E-state index in [1.807, 2.05) is 24.4 Å². The van der Waals surface area contributed by atoms with Crippen molar-refractivity contribution in [1.82, 2.24) is 5.43 Å². The Labute approximate surface area is 85.7 Å². The molecule has 1 unspecified atom stereocenters. The van der Waals surface area contributed by atoms with Crippen LogP contribution in [0.5, 0.6) is 0 Å². The molecule has 0 radical (unpaired) electrons. The molecule has 0 fully saturated rings. The summed E-state index contributed by atoms with van der Waals surface area (Å²) in [5, 5.41) is 2.02. The quantitative estimate of drug-likeness (QED) is 0.347. The second-order valence-electron chi connectivity index (χ2n) is 2.65. The summed E-state index contributed by atoms with van der Waals surface area (Å²) in [7, 11) is 0. The van der Waals surface area contributed by atoms with E-state index in [-0.39, 0.29) is 11.8 Å². The number of hydrogen-bond donors (Lipinski definition) is 2. The van der Waals surface area contributed by atoms with Crippen LogP contribution in [0.1, 0.15) is 6.92 Å². The fourth-order valence-corrected chi connectivity index (χ4v) is 2.60. The molecule has 0 aromatic carbocycles. The molecule has 5 heteroatoms. The lowest BCUT2D eigenvalue weighted by molar-refractivity contribution is -0.123. The van der Waals surface area contributed by atoms with Crippen molar-refractivity contribution in [3.63, 3.8) is 0 Å². The van der Waals surface area contributed by atoms with Crippen LogP contribution in [0.3, 0.4) is 0 Å². The molecule has 1 aromatic rings.